The number of hydrogen-bond donors (Lipinski definition) is 0. The van der Waals surface area contributed by atoms with Crippen molar-refractivity contribution in [2.75, 3.05) is 38.0 Å². The van der Waals surface area contributed by atoms with Crippen LogP contribution in [0.2, 0.25) is 0 Å². The molecule has 7 rings (SSSR count). The molecule has 454 valence electrons. The van der Waals surface area contributed by atoms with E-state index < -0.39 is 72.1 Å². The molecule has 0 bridgehead atoms. The molecular weight excluding hydrogens is 1120 g/mol. The van der Waals surface area contributed by atoms with E-state index in [-0.39, 0.29) is 30.0 Å². The summed E-state index contributed by atoms with van der Waals surface area (Å²) < 4.78 is 85.9. The molecule has 0 atom stereocenters. The molecule has 2 fully saturated rings. The number of carbonyl (C=O) groups is 6. The Morgan fingerprint density at radius 2 is 0.965 bits per heavy atom. The Labute approximate surface area is 496 Å². The third kappa shape index (κ3) is 21.8. The van der Waals surface area contributed by atoms with Crippen LogP contribution in [0.25, 0.3) is 10.2 Å². The number of nitrogens with zero attached hydrogens (tertiary/aromatic N) is 3. The number of thiazole rings is 1. The highest BCUT2D eigenvalue weighted by Crippen LogP contribution is 2.36. The Hall–Kier alpha value is -8.07. The number of hydrazone groups is 1. The summed E-state index contributed by atoms with van der Waals surface area (Å²) in [5, 5.41) is 6.29. The van der Waals surface area contributed by atoms with E-state index in [1.165, 1.54) is 40.8 Å². The molecule has 0 aliphatic heterocycles. The molecule has 0 spiro atoms. The fraction of sp³-hybridized carbons (Fsp3) is 0.438. The third-order valence-electron chi connectivity index (χ3n) is 14.4. The molecule has 0 saturated heterocycles. The topological polar surface area (TPSA) is 205 Å². The summed E-state index contributed by atoms with van der Waals surface area (Å²) in [6, 6.07) is 25.2. The zero-order valence-electron chi connectivity index (χ0n) is 47.5. The molecule has 4 aromatic carbocycles. The zero-order chi connectivity index (χ0) is 60.4. The maximum Gasteiger partial charge on any atom is 0.389 e. The van der Waals surface area contributed by atoms with Gasteiger partial charge in [0.15, 0.2) is 0 Å². The van der Waals surface area contributed by atoms with Crippen molar-refractivity contribution in [2.45, 2.75) is 122 Å². The summed E-state index contributed by atoms with van der Waals surface area (Å²) in [6.45, 7) is 8.31. The first kappa shape index (κ1) is 64.5. The smallest absolute Gasteiger partial charge is 0.389 e. The van der Waals surface area contributed by atoms with Gasteiger partial charge in [-0.25, -0.2) is 19.6 Å². The molecule has 0 amide bonds. The van der Waals surface area contributed by atoms with E-state index in [1.807, 2.05) is 12.1 Å². The number of anilines is 1. The van der Waals surface area contributed by atoms with E-state index in [1.54, 1.807) is 60.7 Å². The first-order valence-corrected chi connectivity index (χ1v) is 29.7. The van der Waals surface area contributed by atoms with Gasteiger partial charge in [-0.3, -0.25) is 19.2 Å². The van der Waals surface area contributed by atoms with E-state index in [0.29, 0.717) is 111 Å². The quantitative estimate of drug-likeness (QED) is 0.00980. The largest absolute Gasteiger partial charge is 0.494 e. The number of carbonyl (C=O) groups excluding carboxylic acids is 6. The normalized spacial score (nSPS) is 16.8. The Bertz CT molecular complexity index is 3010. The van der Waals surface area contributed by atoms with Crippen LogP contribution in [-0.4, -0.2) is 86.2 Å². The van der Waals surface area contributed by atoms with E-state index >= 15 is 0 Å². The van der Waals surface area contributed by atoms with Gasteiger partial charge in [0.05, 0.1) is 66.5 Å². The lowest BCUT2D eigenvalue weighted by atomic mass is 9.82. The molecule has 21 heteroatoms. The van der Waals surface area contributed by atoms with Crippen molar-refractivity contribution in [2.24, 2.45) is 28.8 Å². The number of hydrogen-bond acceptors (Lipinski definition) is 18. The predicted molar refractivity (Wildman–Crippen MR) is 313 cm³/mol. The third-order valence-corrected chi connectivity index (χ3v) is 15.4. The Morgan fingerprint density at radius 1 is 0.541 bits per heavy atom. The monoisotopic (exact) mass is 1200 g/mol. The van der Waals surface area contributed by atoms with Crippen LogP contribution in [-0.2, 0) is 38.2 Å². The molecule has 0 unspecified atom stereocenters. The number of fused-ring (bicyclic) bond motifs is 1. The van der Waals surface area contributed by atoms with Crippen LogP contribution in [0.3, 0.4) is 0 Å². The molecule has 2 saturated carbocycles. The van der Waals surface area contributed by atoms with Crippen molar-refractivity contribution in [3.63, 3.8) is 0 Å². The Morgan fingerprint density at radius 3 is 1.42 bits per heavy atom. The number of unbranched alkanes of at least 4 members (excludes halogenated alkanes) is 6. The number of halogens is 3. The maximum atomic E-state index is 13.9. The second kappa shape index (κ2) is 33.4. The Balaban J connectivity index is 0.921. The number of alkyl halides is 3. The molecule has 85 heavy (non-hydrogen) atoms. The lowest BCUT2D eigenvalue weighted by molar-refractivity contribution is -0.145. The minimum Gasteiger partial charge on any atom is -0.494 e. The summed E-state index contributed by atoms with van der Waals surface area (Å²) in [5.74, 6) is -2.66. The summed E-state index contributed by atoms with van der Waals surface area (Å²) in [6.07, 6.45) is 7.48. The molecule has 1 heterocycles. The van der Waals surface area contributed by atoms with Crippen molar-refractivity contribution in [1.29, 1.82) is 0 Å². The predicted octanol–water partition coefficient (Wildman–Crippen LogP) is 13.5. The number of rotatable bonds is 32. The highest BCUT2D eigenvalue weighted by molar-refractivity contribution is 7.22. The van der Waals surface area contributed by atoms with Gasteiger partial charge in [-0.1, -0.05) is 36.6 Å². The lowest BCUT2D eigenvalue weighted by Crippen LogP contribution is -2.30. The van der Waals surface area contributed by atoms with Gasteiger partial charge in [0, 0.05) is 30.7 Å². The number of ether oxygens (including phenoxy) is 8. The van der Waals surface area contributed by atoms with Gasteiger partial charge < -0.3 is 37.9 Å². The molecule has 5 aromatic rings. The SMILES string of the molecule is C=CC(=O)OCCCCCCOc1ccc(OC(=O)C2CCC(C(=O)Oc3ccc(OC(=O)C4CCC(C(=O)Oc5ccc(OCCCCCCOC(=O)C=C)cc5)CC4)c(/C=N/N(CCCC(F)(F)F)c4nc5ccccc5s4)c3)CC2)cc1. The van der Waals surface area contributed by atoms with Crippen LogP contribution in [0, 0.1) is 23.7 Å². The van der Waals surface area contributed by atoms with Crippen LogP contribution in [0.4, 0.5) is 18.3 Å². The molecule has 17 nitrogen and oxygen atoms in total. The number of esters is 6. The molecular formula is C64H72F3N3O14S. The highest BCUT2D eigenvalue weighted by Gasteiger charge is 2.34. The van der Waals surface area contributed by atoms with Crippen LogP contribution in [0.15, 0.2) is 121 Å². The maximum absolute atomic E-state index is 13.9. The van der Waals surface area contributed by atoms with Gasteiger partial charge in [-0.2, -0.15) is 18.3 Å². The average Bonchev–Trinajstić information content (AvgIpc) is 3.99. The minimum absolute atomic E-state index is 0.0564. The van der Waals surface area contributed by atoms with Crippen molar-refractivity contribution in [3.05, 3.63) is 122 Å². The van der Waals surface area contributed by atoms with Crippen molar-refractivity contribution >= 4 is 68.7 Å². The minimum atomic E-state index is -4.40. The molecule has 0 N–H and O–H groups in total. The summed E-state index contributed by atoms with van der Waals surface area (Å²) in [4.78, 5) is 81.0. The van der Waals surface area contributed by atoms with Crippen LogP contribution < -0.4 is 33.4 Å². The van der Waals surface area contributed by atoms with Crippen LogP contribution in [0.5, 0.6) is 34.5 Å². The van der Waals surface area contributed by atoms with Crippen LogP contribution >= 0.6 is 11.3 Å². The standard InChI is InChI=1S/C64H72F3N3O14S/c1-3-57(71)79-40-13-7-5-11-38-77-49-26-30-51(31-27-49)81-59(73)44-18-20-46(21-19-44)61(75)83-53-34-35-55(48(42-53)43-68-70(37-15-36-64(65,66)67)63-69-54-16-9-10-17-56(54)85-63)84-62(76)47-24-22-45(23-25-47)60(74)82-52-32-28-50(29-33-52)78-39-12-6-8-14-41-80-58(72)4-2/h3-4,9-10,16-17,26-35,42-47H,1-2,5-8,11-15,18-25,36-41H2/b68-43+. The molecule has 2 aliphatic carbocycles. The fourth-order valence-corrected chi connectivity index (χ4v) is 10.6. The highest BCUT2D eigenvalue weighted by atomic mass is 32.1. The van der Waals surface area contributed by atoms with E-state index in [4.69, 9.17) is 37.9 Å². The van der Waals surface area contributed by atoms with Crippen LogP contribution in [0.1, 0.15) is 121 Å². The second-order valence-electron chi connectivity index (χ2n) is 20.7. The first-order valence-electron chi connectivity index (χ1n) is 28.9. The second-order valence-corrected chi connectivity index (χ2v) is 21.8. The van der Waals surface area contributed by atoms with E-state index in [9.17, 15) is 41.9 Å². The summed E-state index contributed by atoms with van der Waals surface area (Å²) >= 11 is 1.25. The number of benzene rings is 4. The molecule has 1 aromatic heterocycles. The van der Waals surface area contributed by atoms with Gasteiger partial charge in [0.1, 0.15) is 34.5 Å². The van der Waals surface area contributed by atoms with Crippen molar-refractivity contribution in [3.8, 4) is 34.5 Å². The number of aromatic nitrogens is 1. The van der Waals surface area contributed by atoms with Gasteiger partial charge in [0.2, 0.25) is 5.13 Å². The van der Waals surface area contributed by atoms with Gasteiger partial charge in [0.25, 0.3) is 0 Å². The van der Waals surface area contributed by atoms with Crippen molar-refractivity contribution in [1.82, 2.24) is 4.98 Å². The molecule has 2 aliphatic rings. The van der Waals surface area contributed by atoms with Crippen molar-refractivity contribution < 1.29 is 79.8 Å². The van der Waals surface area contributed by atoms with Gasteiger partial charge >= 0.3 is 42.0 Å². The lowest BCUT2D eigenvalue weighted by Gasteiger charge is -2.26. The summed E-state index contributed by atoms with van der Waals surface area (Å²) in [7, 11) is 0. The van der Waals surface area contributed by atoms with E-state index in [2.05, 4.69) is 23.2 Å². The number of para-hydroxylation sites is 1. The average molecular weight is 1200 g/mol. The van der Waals surface area contributed by atoms with Gasteiger partial charge in [-0.05, 0) is 188 Å². The molecule has 0 radical (unpaired) electrons. The summed E-state index contributed by atoms with van der Waals surface area (Å²) in [5.41, 5.74) is 0.830. The van der Waals surface area contributed by atoms with Gasteiger partial charge in [-0.15, -0.1) is 0 Å². The van der Waals surface area contributed by atoms with E-state index in [0.717, 1.165) is 68.2 Å². The first-order chi connectivity index (χ1) is 41.1. The zero-order valence-corrected chi connectivity index (χ0v) is 48.3. The fourth-order valence-electron chi connectivity index (χ4n) is 9.60. The Kier molecular flexibility index (Phi) is 25.4.